The average molecular weight is 224 g/mol. The summed E-state index contributed by atoms with van der Waals surface area (Å²) in [5.74, 6) is 0. The molecule has 2 aromatic rings. The summed E-state index contributed by atoms with van der Waals surface area (Å²) in [6.45, 7) is 6.06. The van der Waals surface area contributed by atoms with Crippen LogP contribution in [0.15, 0.2) is 6.07 Å². The van der Waals surface area contributed by atoms with Gasteiger partial charge in [-0.1, -0.05) is 24.9 Å². The summed E-state index contributed by atoms with van der Waals surface area (Å²) >= 11 is 6.21. The molecule has 2 heterocycles. The van der Waals surface area contributed by atoms with E-state index in [1.165, 1.54) is 0 Å². The molecule has 0 spiro atoms. The molecule has 2 aromatic heterocycles. The fraction of sp³-hybridized carbons (Fsp3) is 0.455. The molecule has 15 heavy (non-hydrogen) atoms. The SMILES string of the molecule is CCCc1cc2nc(C)c(C)c(Cl)n2n1. The van der Waals surface area contributed by atoms with E-state index in [9.17, 15) is 0 Å². The van der Waals surface area contributed by atoms with Crippen molar-refractivity contribution in [2.24, 2.45) is 0 Å². The minimum absolute atomic E-state index is 0.667. The third-order valence-corrected chi connectivity index (χ3v) is 3.01. The lowest BCUT2D eigenvalue weighted by molar-refractivity contribution is 0.828. The fourth-order valence-corrected chi connectivity index (χ4v) is 1.85. The number of aryl methyl sites for hydroxylation is 2. The number of nitrogens with zero attached hydrogens (tertiary/aromatic N) is 3. The summed E-state index contributed by atoms with van der Waals surface area (Å²) in [5, 5.41) is 5.09. The summed E-state index contributed by atoms with van der Waals surface area (Å²) in [6, 6.07) is 2.00. The van der Waals surface area contributed by atoms with Gasteiger partial charge in [0, 0.05) is 17.3 Å². The van der Waals surface area contributed by atoms with Crippen LogP contribution in [-0.4, -0.2) is 14.6 Å². The normalized spacial score (nSPS) is 11.2. The number of hydrogen-bond donors (Lipinski definition) is 0. The largest absolute Gasteiger partial charge is 0.233 e. The molecular weight excluding hydrogens is 210 g/mol. The van der Waals surface area contributed by atoms with Gasteiger partial charge in [-0.05, 0) is 20.3 Å². The van der Waals surface area contributed by atoms with E-state index >= 15 is 0 Å². The Morgan fingerprint density at radius 1 is 1.40 bits per heavy atom. The first-order valence-electron chi connectivity index (χ1n) is 5.15. The highest BCUT2D eigenvalue weighted by atomic mass is 35.5. The number of halogens is 1. The van der Waals surface area contributed by atoms with Gasteiger partial charge >= 0.3 is 0 Å². The van der Waals surface area contributed by atoms with Crippen LogP contribution >= 0.6 is 11.6 Å². The van der Waals surface area contributed by atoms with E-state index in [1.807, 2.05) is 19.9 Å². The van der Waals surface area contributed by atoms with Crippen LogP contribution in [0.4, 0.5) is 0 Å². The highest BCUT2D eigenvalue weighted by Gasteiger charge is 2.09. The zero-order valence-corrected chi connectivity index (χ0v) is 9.97. The van der Waals surface area contributed by atoms with Crippen LogP contribution in [0.25, 0.3) is 5.65 Å². The molecule has 3 nitrogen and oxygen atoms in total. The van der Waals surface area contributed by atoms with Crippen molar-refractivity contribution in [2.75, 3.05) is 0 Å². The average Bonchev–Trinajstić information content (AvgIpc) is 2.58. The van der Waals surface area contributed by atoms with Crippen LogP contribution in [0, 0.1) is 13.8 Å². The van der Waals surface area contributed by atoms with Gasteiger partial charge in [-0.25, -0.2) is 9.50 Å². The molecule has 0 saturated heterocycles. The Kier molecular flexibility index (Phi) is 2.65. The van der Waals surface area contributed by atoms with Gasteiger partial charge in [0.1, 0.15) is 5.15 Å². The van der Waals surface area contributed by atoms with Gasteiger partial charge in [-0.15, -0.1) is 0 Å². The molecule has 0 aliphatic heterocycles. The molecule has 0 aliphatic rings. The van der Waals surface area contributed by atoms with E-state index in [0.29, 0.717) is 5.15 Å². The van der Waals surface area contributed by atoms with Gasteiger partial charge in [-0.3, -0.25) is 0 Å². The van der Waals surface area contributed by atoms with E-state index < -0.39 is 0 Å². The van der Waals surface area contributed by atoms with Crippen molar-refractivity contribution in [1.29, 1.82) is 0 Å². The Labute approximate surface area is 94.1 Å². The van der Waals surface area contributed by atoms with E-state index in [2.05, 4.69) is 17.0 Å². The molecule has 0 fully saturated rings. The second-order valence-electron chi connectivity index (χ2n) is 3.77. The van der Waals surface area contributed by atoms with Crippen LogP contribution < -0.4 is 0 Å². The summed E-state index contributed by atoms with van der Waals surface area (Å²) in [5.41, 5.74) is 3.86. The van der Waals surface area contributed by atoms with Crippen molar-refractivity contribution >= 4 is 17.2 Å². The minimum Gasteiger partial charge on any atom is -0.233 e. The van der Waals surface area contributed by atoms with Crippen LogP contribution in [-0.2, 0) is 6.42 Å². The first-order valence-corrected chi connectivity index (χ1v) is 5.52. The molecule has 0 bridgehead atoms. The smallest absolute Gasteiger partial charge is 0.157 e. The van der Waals surface area contributed by atoms with Crippen LogP contribution in [0.5, 0.6) is 0 Å². The van der Waals surface area contributed by atoms with Gasteiger partial charge in [0.2, 0.25) is 0 Å². The van der Waals surface area contributed by atoms with E-state index in [-0.39, 0.29) is 0 Å². The van der Waals surface area contributed by atoms with E-state index in [4.69, 9.17) is 11.6 Å². The van der Waals surface area contributed by atoms with Crippen molar-refractivity contribution in [3.63, 3.8) is 0 Å². The Balaban J connectivity index is 2.65. The maximum Gasteiger partial charge on any atom is 0.157 e. The monoisotopic (exact) mass is 223 g/mol. The molecule has 0 N–H and O–H groups in total. The second kappa shape index (κ2) is 3.81. The van der Waals surface area contributed by atoms with Gasteiger partial charge in [0.05, 0.1) is 5.69 Å². The molecular formula is C11H14ClN3. The highest BCUT2D eigenvalue weighted by Crippen LogP contribution is 2.19. The quantitative estimate of drug-likeness (QED) is 0.733. The zero-order valence-electron chi connectivity index (χ0n) is 9.21. The molecule has 2 rings (SSSR count). The molecule has 0 saturated carbocycles. The predicted molar refractivity (Wildman–Crippen MR) is 61.5 cm³/mol. The maximum atomic E-state index is 6.21. The van der Waals surface area contributed by atoms with Gasteiger partial charge < -0.3 is 0 Å². The zero-order chi connectivity index (χ0) is 11.0. The van der Waals surface area contributed by atoms with Gasteiger partial charge in [-0.2, -0.15) is 5.10 Å². The lowest BCUT2D eigenvalue weighted by atomic mass is 10.2. The molecule has 4 heteroatoms. The predicted octanol–water partition coefficient (Wildman–Crippen LogP) is 2.95. The van der Waals surface area contributed by atoms with Crippen LogP contribution in [0.1, 0.15) is 30.3 Å². The first-order chi connectivity index (χ1) is 7.13. The van der Waals surface area contributed by atoms with Crippen molar-refractivity contribution in [3.05, 3.63) is 28.2 Å². The molecule has 0 aliphatic carbocycles. The summed E-state index contributed by atoms with van der Waals surface area (Å²) < 4.78 is 1.72. The molecule has 0 unspecified atom stereocenters. The summed E-state index contributed by atoms with van der Waals surface area (Å²) in [7, 11) is 0. The summed E-state index contributed by atoms with van der Waals surface area (Å²) in [4.78, 5) is 4.45. The lowest BCUT2D eigenvalue weighted by Crippen LogP contribution is -1.98. The van der Waals surface area contributed by atoms with Crippen molar-refractivity contribution < 1.29 is 0 Å². The Bertz CT molecular complexity index is 502. The lowest BCUT2D eigenvalue weighted by Gasteiger charge is -2.03. The second-order valence-corrected chi connectivity index (χ2v) is 4.13. The maximum absolute atomic E-state index is 6.21. The molecule has 80 valence electrons. The minimum atomic E-state index is 0.667. The van der Waals surface area contributed by atoms with E-state index in [1.54, 1.807) is 4.52 Å². The number of rotatable bonds is 2. The Morgan fingerprint density at radius 3 is 2.80 bits per heavy atom. The molecule has 0 atom stereocenters. The Hall–Kier alpha value is -1.09. The number of hydrogen-bond acceptors (Lipinski definition) is 2. The third-order valence-electron chi connectivity index (χ3n) is 2.57. The molecule has 0 aromatic carbocycles. The Morgan fingerprint density at radius 2 is 2.13 bits per heavy atom. The standard InChI is InChI=1S/C11H14ClN3/c1-4-5-9-6-10-13-8(3)7(2)11(12)15(10)14-9/h6H,4-5H2,1-3H3. The van der Waals surface area contributed by atoms with Crippen molar-refractivity contribution in [3.8, 4) is 0 Å². The van der Waals surface area contributed by atoms with Crippen molar-refractivity contribution in [2.45, 2.75) is 33.6 Å². The molecule has 0 amide bonds. The fourth-order valence-electron chi connectivity index (χ4n) is 1.58. The molecule has 0 radical (unpaired) electrons. The van der Waals surface area contributed by atoms with Crippen LogP contribution in [0.2, 0.25) is 5.15 Å². The third kappa shape index (κ3) is 1.72. The summed E-state index contributed by atoms with van der Waals surface area (Å²) in [6.07, 6.45) is 2.05. The highest BCUT2D eigenvalue weighted by molar-refractivity contribution is 6.30. The van der Waals surface area contributed by atoms with Crippen LogP contribution in [0.3, 0.4) is 0 Å². The van der Waals surface area contributed by atoms with Crippen molar-refractivity contribution in [1.82, 2.24) is 14.6 Å². The van der Waals surface area contributed by atoms with Gasteiger partial charge in [0.15, 0.2) is 5.65 Å². The first kappa shape index (κ1) is 10.4. The van der Waals surface area contributed by atoms with E-state index in [0.717, 1.165) is 35.4 Å². The number of fused-ring (bicyclic) bond motifs is 1. The van der Waals surface area contributed by atoms with Gasteiger partial charge in [0.25, 0.3) is 0 Å². The number of aromatic nitrogens is 3. The topological polar surface area (TPSA) is 30.2 Å².